The highest BCUT2D eigenvalue weighted by molar-refractivity contribution is 7.99. The molecule has 0 saturated heterocycles. The maximum Gasteiger partial charge on any atom is 0.116 e. The van der Waals surface area contributed by atoms with E-state index in [0.717, 1.165) is 40.8 Å². The van der Waals surface area contributed by atoms with Crippen LogP contribution in [0.15, 0.2) is 46.2 Å². The van der Waals surface area contributed by atoms with Gasteiger partial charge in [-0.25, -0.2) is 0 Å². The molecule has 1 heterocycles. The van der Waals surface area contributed by atoms with Crippen molar-refractivity contribution < 1.29 is 5.11 Å². The summed E-state index contributed by atoms with van der Waals surface area (Å²) >= 11 is 7.84. The minimum absolute atomic E-state index is 0.300. The number of anilines is 2. The first-order valence-corrected chi connectivity index (χ1v) is 8.11. The van der Waals surface area contributed by atoms with Crippen LogP contribution in [0, 0.1) is 0 Å². The van der Waals surface area contributed by atoms with E-state index in [1.807, 2.05) is 37.4 Å². The fraction of sp³-hybridized carbons (Fsp3) is 0.250. The molecule has 2 aromatic rings. The maximum absolute atomic E-state index is 9.72. The number of fused-ring (bicyclic) bond motifs is 2. The maximum atomic E-state index is 9.72. The Morgan fingerprint density at radius 2 is 2.00 bits per heavy atom. The Morgan fingerprint density at radius 1 is 1.14 bits per heavy atom. The van der Waals surface area contributed by atoms with Crippen LogP contribution in [0.2, 0.25) is 5.02 Å². The van der Waals surface area contributed by atoms with Crippen molar-refractivity contribution in [2.45, 2.75) is 16.2 Å². The number of phenols is 1. The quantitative estimate of drug-likeness (QED) is 0.825. The molecule has 3 nitrogen and oxygen atoms in total. The molecule has 21 heavy (non-hydrogen) atoms. The molecule has 2 aromatic carbocycles. The van der Waals surface area contributed by atoms with Crippen LogP contribution in [0.5, 0.6) is 5.75 Å². The molecule has 1 aliphatic rings. The van der Waals surface area contributed by atoms with Crippen LogP contribution in [-0.2, 0) is 0 Å². The van der Waals surface area contributed by atoms with E-state index in [1.165, 1.54) is 4.90 Å². The van der Waals surface area contributed by atoms with Crippen molar-refractivity contribution in [2.75, 3.05) is 25.0 Å². The van der Waals surface area contributed by atoms with Gasteiger partial charge in [0.05, 0.1) is 11.4 Å². The van der Waals surface area contributed by atoms with E-state index in [9.17, 15) is 5.11 Å². The lowest BCUT2D eigenvalue weighted by molar-refractivity contribution is 0.474. The van der Waals surface area contributed by atoms with Gasteiger partial charge in [-0.1, -0.05) is 23.4 Å². The number of benzene rings is 2. The van der Waals surface area contributed by atoms with Crippen molar-refractivity contribution >= 4 is 34.7 Å². The zero-order valence-corrected chi connectivity index (χ0v) is 13.3. The molecule has 0 atom stereocenters. The predicted octanol–water partition coefficient (Wildman–Crippen LogP) is 4.26. The second-order valence-corrected chi connectivity index (χ2v) is 6.50. The van der Waals surface area contributed by atoms with Crippen molar-refractivity contribution in [1.82, 2.24) is 5.32 Å². The highest BCUT2D eigenvalue weighted by Crippen LogP contribution is 2.49. The van der Waals surface area contributed by atoms with Crippen LogP contribution >= 0.6 is 23.4 Å². The minimum atomic E-state index is 0.300. The molecule has 5 heteroatoms. The van der Waals surface area contributed by atoms with Gasteiger partial charge in [-0.05, 0) is 56.4 Å². The Morgan fingerprint density at radius 3 is 2.81 bits per heavy atom. The Kier molecular flexibility index (Phi) is 4.29. The molecule has 3 rings (SSSR count). The molecule has 0 amide bonds. The number of rotatable bonds is 4. The van der Waals surface area contributed by atoms with Crippen molar-refractivity contribution in [3.8, 4) is 5.75 Å². The van der Waals surface area contributed by atoms with Gasteiger partial charge < -0.3 is 15.3 Å². The molecule has 1 aliphatic heterocycles. The monoisotopic (exact) mass is 320 g/mol. The zero-order valence-electron chi connectivity index (χ0n) is 11.8. The van der Waals surface area contributed by atoms with Crippen molar-refractivity contribution in [1.29, 1.82) is 0 Å². The number of aromatic hydroxyl groups is 1. The molecule has 0 aliphatic carbocycles. The Hall–Kier alpha value is -1.36. The zero-order chi connectivity index (χ0) is 14.8. The van der Waals surface area contributed by atoms with Gasteiger partial charge in [-0.15, -0.1) is 0 Å². The topological polar surface area (TPSA) is 35.5 Å². The molecule has 0 saturated carbocycles. The molecular weight excluding hydrogens is 304 g/mol. The van der Waals surface area contributed by atoms with E-state index in [4.69, 9.17) is 11.6 Å². The summed E-state index contributed by atoms with van der Waals surface area (Å²) in [6.07, 6.45) is 1.04. The summed E-state index contributed by atoms with van der Waals surface area (Å²) in [5.41, 5.74) is 2.27. The molecular formula is C16H17ClN2OS. The average molecular weight is 321 g/mol. The van der Waals surface area contributed by atoms with Crippen LogP contribution < -0.4 is 10.2 Å². The first-order chi connectivity index (χ1) is 10.2. The van der Waals surface area contributed by atoms with Crippen molar-refractivity contribution in [2.24, 2.45) is 0 Å². The van der Waals surface area contributed by atoms with E-state index in [2.05, 4.69) is 10.2 Å². The third kappa shape index (κ3) is 2.98. The van der Waals surface area contributed by atoms with Gasteiger partial charge in [0, 0.05) is 21.4 Å². The largest absolute Gasteiger partial charge is 0.508 e. The van der Waals surface area contributed by atoms with Gasteiger partial charge in [0.1, 0.15) is 5.75 Å². The second kappa shape index (κ2) is 6.18. The van der Waals surface area contributed by atoms with Crippen LogP contribution in [0.1, 0.15) is 6.42 Å². The summed E-state index contributed by atoms with van der Waals surface area (Å²) in [4.78, 5) is 4.53. The third-order valence-corrected chi connectivity index (χ3v) is 4.82. The highest BCUT2D eigenvalue weighted by Gasteiger charge is 2.23. The van der Waals surface area contributed by atoms with E-state index in [-0.39, 0.29) is 0 Å². The van der Waals surface area contributed by atoms with Crippen LogP contribution in [0.4, 0.5) is 11.4 Å². The molecule has 0 bridgehead atoms. The van der Waals surface area contributed by atoms with E-state index >= 15 is 0 Å². The summed E-state index contributed by atoms with van der Waals surface area (Å²) in [5.74, 6) is 0.300. The normalized spacial score (nSPS) is 13.0. The number of hydrogen-bond acceptors (Lipinski definition) is 4. The van der Waals surface area contributed by atoms with Gasteiger partial charge in [-0.2, -0.15) is 0 Å². The smallest absolute Gasteiger partial charge is 0.116 e. The Bertz CT molecular complexity index is 663. The molecule has 110 valence electrons. The summed E-state index contributed by atoms with van der Waals surface area (Å²) in [5, 5.41) is 13.6. The molecule has 2 N–H and O–H groups in total. The number of phenolic OH excluding ortho intramolecular Hbond substituents is 1. The van der Waals surface area contributed by atoms with Crippen LogP contribution in [0.25, 0.3) is 0 Å². The first kappa shape index (κ1) is 14.6. The fourth-order valence-corrected chi connectivity index (χ4v) is 3.77. The van der Waals surface area contributed by atoms with Crippen molar-refractivity contribution in [3.63, 3.8) is 0 Å². The molecule has 0 aromatic heterocycles. The summed E-state index contributed by atoms with van der Waals surface area (Å²) in [6.45, 7) is 1.87. The van der Waals surface area contributed by atoms with Crippen LogP contribution in [0.3, 0.4) is 0 Å². The van der Waals surface area contributed by atoms with Gasteiger partial charge in [0.15, 0.2) is 0 Å². The van der Waals surface area contributed by atoms with Gasteiger partial charge in [0.2, 0.25) is 0 Å². The molecule has 0 fully saturated rings. The Labute approximate surface area is 133 Å². The fourth-order valence-electron chi connectivity index (χ4n) is 2.50. The van der Waals surface area contributed by atoms with E-state index in [1.54, 1.807) is 17.8 Å². The SMILES string of the molecule is CNCCCN1c2ccc(O)cc2Sc2ccc(Cl)cc21. The molecule has 0 spiro atoms. The number of nitrogens with zero attached hydrogens (tertiary/aromatic N) is 1. The van der Waals surface area contributed by atoms with E-state index < -0.39 is 0 Å². The van der Waals surface area contributed by atoms with Gasteiger partial charge in [-0.3, -0.25) is 0 Å². The number of halogens is 1. The predicted molar refractivity (Wildman–Crippen MR) is 89.2 cm³/mol. The minimum Gasteiger partial charge on any atom is -0.508 e. The average Bonchev–Trinajstić information content (AvgIpc) is 2.47. The molecule has 0 radical (unpaired) electrons. The lowest BCUT2D eigenvalue weighted by Gasteiger charge is -2.33. The third-order valence-electron chi connectivity index (χ3n) is 3.47. The van der Waals surface area contributed by atoms with Gasteiger partial charge >= 0.3 is 0 Å². The number of hydrogen-bond donors (Lipinski definition) is 2. The van der Waals surface area contributed by atoms with Crippen LogP contribution in [-0.4, -0.2) is 25.2 Å². The molecule has 0 unspecified atom stereocenters. The van der Waals surface area contributed by atoms with E-state index in [0.29, 0.717) is 5.75 Å². The lowest BCUT2D eigenvalue weighted by Crippen LogP contribution is -2.24. The lowest BCUT2D eigenvalue weighted by atomic mass is 10.2. The summed E-state index contributed by atoms with van der Waals surface area (Å²) in [7, 11) is 1.96. The summed E-state index contributed by atoms with van der Waals surface area (Å²) in [6, 6.07) is 11.5. The van der Waals surface area contributed by atoms with Crippen molar-refractivity contribution in [3.05, 3.63) is 41.4 Å². The standard InChI is InChI=1S/C16H17ClN2OS/c1-18-7-2-8-19-13-5-4-12(20)10-16(13)21-15-6-3-11(17)9-14(15)19/h3-6,9-10,18,20H,2,7-8H2,1H3. The Balaban J connectivity index is 2.02. The first-order valence-electron chi connectivity index (χ1n) is 6.91. The van der Waals surface area contributed by atoms with Gasteiger partial charge in [0.25, 0.3) is 0 Å². The number of nitrogens with one attached hydrogen (secondary N) is 1. The summed E-state index contributed by atoms with van der Waals surface area (Å²) < 4.78 is 0. The second-order valence-electron chi connectivity index (χ2n) is 4.97. The highest BCUT2D eigenvalue weighted by atomic mass is 35.5.